The first-order valence-electron chi connectivity index (χ1n) is 3.74. The molecule has 0 fully saturated rings. The molecule has 0 spiro atoms. The maximum atomic E-state index is 11.3. The highest BCUT2D eigenvalue weighted by Crippen LogP contribution is 2.10. The van der Waals surface area contributed by atoms with Crippen molar-refractivity contribution in [2.45, 2.75) is 4.90 Å². The van der Waals surface area contributed by atoms with Gasteiger partial charge in [-0.3, -0.25) is 4.63 Å². The minimum Gasteiger partial charge on any atom is -0.478 e. The van der Waals surface area contributed by atoms with E-state index in [2.05, 4.69) is 4.63 Å². The van der Waals surface area contributed by atoms with E-state index in [-0.39, 0.29) is 10.5 Å². The van der Waals surface area contributed by atoms with Crippen LogP contribution in [0.25, 0.3) is 0 Å². The van der Waals surface area contributed by atoms with Crippen molar-refractivity contribution in [1.82, 2.24) is 4.63 Å². The summed E-state index contributed by atoms with van der Waals surface area (Å²) < 4.78 is 24.6. The van der Waals surface area contributed by atoms with Crippen LogP contribution in [0.1, 0.15) is 10.4 Å². The van der Waals surface area contributed by atoms with Gasteiger partial charge in [-0.2, -0.15) is 0 Å². The Morgan fingerprint density at radius 2 is 2.07 bits per heavy atom. The molecule has 0 aliphatic rings. The fraction of sp³-hybridized carbons (Fsp3) is 0. The second kappa shape index (κ2) is 3.81. The van der Waals surface area contributed by atoms with Crippen LogP contribution in [0.15, 0.2) is 29.2 Å². The van der Waals surface area contributed by atoms with E-state index < -0.39 is 16.0 Å². The Balaban J connectivity index is 3.26. The topological polar surface area (TPSA) is 83.5 Å². The quantitative estimate of drug-likeness (QED) is 0.644. The summed E-state index contributed by atoms with van der Waals surface area (Å²) in [7, 11) is -2.30. The smallest absolute Gasteiger partial charge is 0.335 e. The van der Waals surface area contributed by atoms with Crippen LogP contribution in [0.3, 0.4) is 0 Å². The van der Waals surface area contributed by atoms with Gasteiger partial charge in [-0.05, 0) is 18.2 Å². The van der Waals surface area contributed by atoms with Gasteiger partial charge in [-0.25, -0.2) is 13.2 Å². The SMILES string of the molecule is BNS(=O)(=O)c1cccc(C(=O)O)c1. The van der Waals surface area contributed by atoms with E-state index in [9.17, 15) is 13.2 Å². The lowest BCUT2D eigenvalue weighted by atomic mass is 10.2. The molecule has 5 nitrogen and oxygen atoms in total. The van der Waals surface area contributed by atoms with Crippen molar-refractivity contribution >= 4 is 24.0 Å². The van der Waals surface area contributed by atoms with Gasteiger partial charge in [0.2, 0.25) is 18.0 Å². The number of rotatable bonds is 3. The number of nitrogens with one attached hydrogen (secondary N) is 1. The van der Waals surface area contributed by atoms with E-state index in [1.54, 1.807) is 0 Å². The highest BCUT2D eigenvalue weighted by Gasteiger charge is 2.12. The average molecular weight is 213 g/mol. The molecule has 7 heteroatoms. The summed E-state index contributed by atoms with van der Waals surface area (Å²) in [5.41, 5.74) is -0.0543. The fourth-order valence-electron chi connectivity index (χ4n) is 0.914. The molecule has 0 radical (unpaired) electrons. The molecule has 0 aromatic heterocycles. The molecule has 0 unspecified atom stereocenters. The summed E-state index contributed by atoms with van der Waals surface area (Å²) >= 11 is 0. The van der Waals surface area contributed by atoms with Crippen molar-refractivity contribution in [3.63, 3.8) is 0 Å². The maximum absolute atomic E-state index is 11.3. The van der Waals surface area contributed by atoms with Gasteiger partial charge in [0.15, 0.2) is 0 Å². The second-order valence-electron chi connectivity index (χ2n) is 2.54. The molecule has 0 aliphatic heterocycles. The normalized spacial score (nSPS) is 11.1. The lowest BCUT2D eigenvalue weighted by Crippen LogP contribution is -2.20. The standard InChI is InChI=1S/C7H8BNO4S/c8-9-14(12,13)6-3-1-2-5(4-6)7(10)11/h1-4,9H,8H2,(H,10,11). The van der Waals surface area contributed by atoms with Crippen molar-refractivity contribution in [2.75, 3.05) is 0 Å². The molecule has 0 amide bonds. The monoisotopic (exact) mass is 213 g/mol. The molecular formula is C7H8BNO4S. The Labute approximate surface area is 82.2 Å². The summed E-state index contributed by atoms with van der Waals surface area (Å²) in [5.74, 6) is -1.15. The van der Waals surface area contributed by atoms with Crippen LogP contribution in [-0.4, -0.2) is 27.5 Å². The van der Waals surface area contributed by atoms with E-state index in [1.165, 1.54) is 26.2 Å². The van der Waals surface area contributed by atoms with Crippen LogP contribution >= 0.6 is 0 Å². The largest absolute Gasteiger partial charge is 0.478 e. The van der Waals surface area contributed by atoms with Crippen LogP contribution < -0.4 is 4.63 Å². The van der Waals surface area contributed by atoms with Crippen LogP contribution in [0, 0.1) is 0 Å². The third-order valence-electron chi connectivity index (χ3n) is 1.66. The number of aromatic carboxylic acids is 1. The van der Waals surface area contributed by atoms with Crippen LogP contribution in [0.5, 0.6) is 0 Å². The van der Waals surface area contributed by atoms with Gasteiger partial charge in [-0.15, -0.1) is 0 Å². The molecule has 0 heterocycles. The average Bonchev–Trinajstić information content (AvgIpc) is 2.18. The van der Waals surface area contributed by atoms with Gasteiger partial charge in [0.25, 0.3) is 0 Å². The summed E-state index contributed by atoms with van der Waals surface area (Å²) in [6, 6.07) is 5.15. The molecule has 1 rings (SSSR count). The van der Waals surface area contributed by atoms with Crippen molar-refractivity contribution in [2.24, 2.45) is 0 Å². The molecule has 14 heavy (non-hydrogen) atoms. The van der Waals surface area contributed by atoms with Gasteiger partial charge >= 0.3 is 5.97 Å². The van der Waals surface area contributed by atoms with Crippen LogP contribution in [0.2, 0.25) is 0 Å². The number of hydrogen-bond donors (Lipinski definition) is 2. The van der Waals surface area contributed by atoms with Gasteiger partial charge < -0.3 is 5.11 Å². The zero-order valence-electron chi connectivity index (χ0n) is 7.39. The van der Waals surface area contributed by atoms with E-state index in [0.717, 1.165) is 6.07 Å². The van der Waals surface area contributed by atoms with Gasteiger partial charge in [0, 0.05) is 0 Å². The molecule has 1 aromatic rings. The first-order chi connectivity index (χ1) is 6.47. The molecule has 1 aromatic carbocycles. The Hall–Kier alpha value is -1.34. The van der Waals surface area contributed by atoms with E-state index in [4.69, 9.17) is 5.11 Å². The van der Waals surface area contributed by atoms with Gasteiger partial charge in [0.05, 0.1) is 10.5 Å². The Morgan fingerprint density at radius 1 is 1.43 bits per heavy atom. The summed E-state index contributed by atoms with van der Waals surface area (Å²) in [6.45, 7) is 0. The van der Waals surface area contributed by atoms with Crippen LogP contribution in [0.4, 0.5) is 0 Å². The van der Waals surface area contributed by atoms with E-state index in [1.807, 2.05) is 0 Å². The summed E-state index contributed by atoms with van der Waals surface area (Å²) in [6.07, 6.45) is 0. The molecule has 0 bridgehead atoms. The minimum absolute atomic E-state index is 0.0543. The zero-order chi connectivity index (χ0) is 10.8. The van der Waals surface area contributed by atoms with Gasteiger partial charge in [-0.1, -0.05) is 6.07 Å². The number of carbonyl (C=O) groups is 1. The number of hydrogen-bond acceptors (Lipinski definition) is 3. The molecule has 0 saturated carbocycles. The second-order valence-corrected chi connectivity index (χ2v) is 4.43. The molecule has 0 saturated heterocycles. The first-order valence-corrected chi connectivity index (χ1v) is 5.22. The maximum Gasteiger partial charge on any atom is 0.335 e. The number of carboxylic acid groups (broad SMARTS) is 1. The minimum atomic E-state index is -3.57. The van der Waals surface area contributed by atoms with E-state index >= 15 is 0 Å². The zero-order valence-corrected chi connectivity index (χ0v) is 8.21. The van der Waals surface area contributed by atoms with Crippen molar-refractivity contribution < 1.29 is 18.3 Å². The lowest BCUT2D eigenvalue weighted by Gasteiger charge is -2.02. The third-order valence-corrected chi connectivity index (χ3v) is 3.07. The Kier molecular flexibility index (Phi) is 2.92. The Morgan fingerprint density at radius 3 is 2.57 bits per heavy atom. The molecule has 2 N–H and O–H groups in total. The van der Waals surface area contributed by atoms with Crippen molar-refractivity contribution in [3.8, 4) is 0 Å². The molecule has 0 atom stereocenters. The van der Waals surface area contributed by atoms with Crippen molar-refractivity contribution in [3.05, 3.63) is 29.8 Å². The molecular weight excluding hydrogens is 205 g/mol. The van der Waals surface area contributed by atoms with Crippen LogP contribution in [-0.2, 0) is 10.0 Å². The highest BCUT2D eigenvalue weighted by atomic mass is 32.2. The number of carboxylic acids is 1. The molecule has 0 aliphatic carbocycles. The summed E-state index contributed by atoms with van der Waals surface area (Å²) in [5, 5.41) is 8.63. The lowest BCUT2D eigenvalue weighted by molar-refractivity contribution is 0.0696. The third kappa shape index (κ3) is 2.12. The predicted molar refractivity (Wildman–Crippen MR) is 52.3 cm³/mol. The number of benzene rings is 1. The van der Waals surface area contributed by atoms with E-state index in [0.29, 0.717) is 0 Å². The predicted octanol–water partition coefficient (Wildman–Crippen LogP) is -0.789. The summed E-state index contributed by atoms with van der Waals surface area (Å²) in [4.78, 5) is 10.5. The van der Waals surface area contributed by atoms with Crippen molar-refractivity contribution in [1.29, 1.82) is 0 Å². The Bertz CT molecular complexity index is 457. The van der Waals surface area contributed by atoms with Gasteiger partial charge in [0.1, 0.15) is 0 Å². The fourth-order valence-corrected chi connectivity index (χ4v) is 1.69. The number of sulfonamides is 1. The highest BCUT2D eigenvalue weighted by molar-refractivity contribution is 7.90. The molecule has 74 valence electrons. The first kappa shape index (κ1) is 10.7.